The normalized spacial score (nSPS) is 10.1. The van der Waals surface area contributed by atoms with Crippen molar-refractivity contribution in [3.8, 4) is 0 Å². The molecule has 2 N–H and O–H groups in total. The first-order chi connectivity index (χ1) is 6.86. The van der Waals surface area contributed by atoms with Crippen molar-refractivity contribution in [1.29, 1.82) is 0 Å². The summed E-state index contributed by atoms with van der Waals surface area (Å²) in [7, 11) is 0. The van der Waals surface area contributed by atoms with Crippen molar-refractivity contribution >= 4 is 21.7 Å². The summed E-state index contributed by atoms with van der Waals surface area (Å²) in [6.45, 7) is 0.690. The van der Waals surface area contributed by atoms with E-state index in [4.69, 9.17) is 0 Å². The van der Waals surface area contributed by atoms with Crippen LogP contribution in [0, 0.1) is 0 Å². The highest BCUT2D eigenvalue weighted by atomic mass is 79.9. The Morgan fingerprint density at radius 2 is 2.43 bits per heavy atom. The highest BCUT2D eigenvalue weighted by molar-refractivity contribution is 9.10. The number of aromatic amines is 1. The summed E-state index contributed by atoms with van der Waals surface area (Å²) in [5.41, 5.74) is 1.03. The maximum atomic E-state index is 4.19. The van der Waals surface area contributed by atoms with E-state index in [1.807, 2.05) is 12.1 Å². The fourth-order valence-corrected chi connectivity index (χ4v) is 1.47. The Bertz CT molecular complexity index is 399. The van der Waals surface area contributed by atoms with Gasteiger partial charge in [0.05, 0.1) is 23.0 Å². The molecular weight excluding hydrogens is 244 g/mol. The fraction of sp³-hybridized carbons (Fsp3) is 0.111. The Hall–Kier alpha value is -1.36. The third kappa shape index (κ3) is 2.11. The Labute approximate surface area is 89.9 Å². The van der Waals surface area contributed by atoms with Crippen molar-refractivity contribution in [3.63, 3.8) is 0 Å². The molecule has 0 aliphatic carbocycles. The van der Waals surface area contributed by atoms with Crippen LogP contribution in [0.25, 0.3) is 0 Å². The van der Waals surface area contributed by atoms with Crippen LogP contribution in [0.4, 0.5) is 5.82 Å². The number of nitrogens with zero attached hydrogens (tertiary/aromatic N) is 2. The van der Waals surface area contributed by atoms with Crippen LogP contribution in [0.1, 0.15) is 5.69 Å². The SMILES string of the molecule is Brc1cccnc1NCc1cnc[nH]1. The molecule has 2 aromatic rings. The van der Waals surface area contributed by atoms with Crippen molar-refractivity contribution in [2.24, 2.45) is 0 Å². The lowest BCUT2D eigenvalue weighted by molar-refractivity contribution is 1.05. The molecule has 0 atom stereocenters. The van der Waals surface area contributed by atoms with E-state index in [2.05, 4.69) is 36.2 Å². The lowest BCUT2D eigenvalue weighted by atomic mass is 10.4. The highest BCUT2D eigenvalue weighted by Crippen LogP contribution is 2.18. The molecule has 0 radical (unpaired) electrons. The van der Waals surface area contributed by atoms with Crippen molar-refractivity contribution in [3.05, 3.63) is 41.0 Å². The van der Waals surface area contributed by atoms with Gasteiger partial charge in [0, 0.05) is 12.4 Å². The van der Waals surface area contributed by atoms with Crippen LogP contribution in [-0.2, 0) is 6.54 Å². The highest BCUT2D eigenvalue weighted by Gasteiger charge is 1.99. The molecule has 0 bridgehead atoms. The number of anilines is 1. The molecule has 0 aliphatic heterocycles. The Morgan fingerprint density at radius 3 is 3.14 bits per heavy atom. The van der Waals surface area contributed by atoms with Gasteiger partial charge in [0.2, 0.25) is 0 Å². The monoisotopic (exact) mass is 252 g/mol. The number of rotatable bonds is 3. The van der Waals surface area contributed by atoms with Crippen LogP contribution in [-0.4, -0.2) is 15.0 Å². The molecule has 0 unspecified atom stereocenters. The van der Waals surface area contributed by atoms with Crippen molar-refractivity contribution in [2.75, 3.05) is 5.32 Å². The van der Waals surface area contributed by atoms with Crippen LogP contribution < -0.4 is 5.32 Å². The maximum absolute atomic E-state index is 4.19. The lowest BCUT2D eigenvalue weighted by Gasteiger charge is -2.04. The number of H-pyrrole nitrogens is 1. The van der Waals surface area contributed by atoms with E-state index in [9.17, 15) is 0 Å². The molecule has 14 heavy (non-hydrogen) atoms. The van der Waals surface area contributed by atoms with Gasteiger partial charge in [-0.15, -0.1) is 0 Å². The Morgan fingerprint density at radius 1 is 1.50 bits per heavy atom. The summed E-state index contributed by atoms with van der Waals surface area (Å²) in [4.78, 5) is 11.1. The zero-order valence-corrected chi connectivity index (χ0v) is 8.95. The van der Waals surface area contributed by atoms with Gasteiger partial charge in [0.1, 0.15) is 5.82 Å². The number of aromatic nitrogens is 3. The number of pyridine rings is 1. The minimum absolute atomic E-state index is 0.690. The molecule has 4 nitrogen and oxygen atoms in total. The predicted molar refractivity (Wildman–Crippen MR) is 57.9 cm³/mol. The molecular formula is C9H9BrN4. The standard InChI is InChI=1S/C9H9BrN4/c10-8-2-1-3-12-9(8)13-5-7-4-11-6-14-7/h1-4,6H,5H2,(H,11,14)(H,12,13). The van der Waals surface area contributed by atoms with E-state index >= 15 is 0 Å². The third-order valence-electron chi connectivity index (χ3n) is 1.76. The molecule has 0 saturated heterocycles. The minimum Gasteiger partial charge on any atom is -0.364 e. The Balaban J connectivity index is 2.02. The molecule has 2 heterocycles. The number of hydrogen-bond donors (Lipinski definition) is 2. The van der Waals surface area contributed by atoms with Gasteiger partial charge >= 0.3 is 0 Å². The second kappa shape index (κ2) is 4.23. The molecule has 0 aromatic carbocycles. The second-order valence-corrected chi connectivity index (χ2v) is 3.62. The topological polar surface area (TPSA) is 53.6 Å². The first kappa shape index (κ1) is 9.21. The van der Waals surface area contributed by atoms with Gasteiger partial charge < -0.3 is 10.3 Å². The van der Waals surface area contributed by atoms with E-state index in [1.165, 1.54) is 0 Å². The van der Waals surface area contributed by atoms with Gasteiger partial charge in [-0.25, -0.2) is 9.97 Å². The molecule has 72 valence electrons. The first-order valence-electron chi connectivity index (χ1n) is 4.18. The van der Waals surface area contributed by atoms with Crippen molar-refractivity contribution in [1.82, 2.24) is 15.0 Å². The quantitative estimate of drug-likeness (QED) is 0.881. The summed E-state index contributed by atoms with van der Waals surface area (Å²) in [5.74, 6) is 0.835. The van der Waals surface area contributed by atoms with Crippen LogP contribution in [0.2, 0.25) is 0 Å². The largest absolute Gasteiger partial charge is 0.364 e. The predicted octanol–water partition coefficient (Wildman–Crippen LogP) is 2.18. The van der Waals surface area contributed by atoms with Gasteiger partial charge in [-0.1, -0.05) is 0 Å². The van der Waals surface area contributed by atoms with Gasteiger partial charge in [0.25, 0.3) is 0 Å². The molecule has 2 aromatic heterocycles. The first-order valence-corrected chi connectivity index (χ1v) is 4.97. The second-order valence-electron chi connectivity index (χ2n) is 2.76. The summed E-state index contributed by atoms with van der Waals surface area (Å²) < 4.78 is 0.958. The van der Waals surface area contributed by atoms with Crippen LogP contribution >= 0.6 is 15.9 Å². The van der Waals surface area contributed by atoms with E-state index < -0.39 is 0 Å². The van der Waals surface area contributed by atoms with Crippen LogP contribution in [0.3, 0.4) is 0 Å². The zero-order chi connectivity index (χ0) is 9.80. The van der Waals surface area contributed by atoms with Gasteiger partial charge in [-0.2, -0.15) is 0 Å². The number of nitrogens with one attached hydrogen (secondary N) is 2. The van der Waals surface area contributed by atoms with Crippen LogP contribution in [0.15, 0.2) is 35.3 Å². The average molecular weight is 253 g/mol. The van der Waals surface area contributed by atoms with Crippen LogP contribution in [0.5, 0.6) is 0 Å². The third-order valence-corrected chi connectivity index (χ3v) is 2.40. The number of imidazole rings is 1. The summed E-state index contributed by atoms with van der Waals surface area (Å²) in [6.07, 6.45) is 5.19. The van der Waals surface area contributed by atoms with E-state index in [0.717, 1.165) is 16.0 Å². The van der Waals surface area contributed by atoms with E-state index in [0.29, 0.717) is 6.54 Å². The molecule has 2 rings (SSSR count). The van der Waals surface area contributed by atoms with E-state index in [-0.39, 0.29) is 0 Å². The van der Waals surface area contributed by atoms with Crippen molar-refractivity contribution in [2.45, 2.75) is 6.54 Å². The average Bonchev–Trinajstić information content (AvgIpc) is 2.69. The summed E-state index contributed by atoms with van der Waals surface area (Å²) >= 11 is 3.41. The maximum Gasteiger partial charge on any atom is 0.140 e. The Kier molecular flexibility index (Phi) is 2.78. The number of halogens is 1. The van der Waals surface area contributed by atoms with Crippen molar-refractivity contribution < 1.29 is 0 Å². The molecule has 0 saturated carbocycles. The summed E-state index contributed by atoms with van der Waals surface area (Å²) in [6, 6.07) is 3.83. The van der Waals surface area contributed by atoms with Gasteiger partial charge in [-0.3, -0.25) is 0 Å². The van der Waals surface area contributed by atoms with E-state index in [1.54, 1.807) is 18.7 Å². The molecule has 0 spiro atoms. The molecule has 0 fully saturated rings. The fourth-order valence-electron chi connectivity index (χ4n) is 1.08. The van der Waals surface area contributed by atoms with Gasteiger partial charge in [-0.05, 0) is 28.1 Å². The minimum atomic E-state index is 0.690. The lowest BCUT2D eigenvalue weighted by Crippen LogP contribution is -2.01. The molecule has 5 heteroatoms. The summed E-state index contributed by atoms with van der Waals surface area (Å²) in [5, 5.41) is 3.19. The zero-order valence-electron chi connectivity index (χ0n) is 7.37. The molecule has 0 amide bonds. The molecule has 0 aliphatic rings. The van der Waals surface area contributed by atoms with Gasteiger partial charge in [0.15, 0.2) is 0 Å². The smallest absolute Gasteiger partial charge is 0.140 e. The number of hydrogen-bond acceptors (Lipinski definition) is 3.